The van der Waals surface area contributed by atoms with Gasteiger partial charge in [0.2, 0.25) is 0 Å². The van der Waals surface area contributed by atoms with Crippen LogP contribution in [0.4, 0.5) is 4.39 Å². The summed E-state index contributed by atoms with van der Waals surface area (Å²) in [4.78, 5) is 30.0. The van der Waals surface area contributed by atoms with E-state index >= 15 is 0 Å². The number of aromatic nitrogens is 1. The van der Waals surface area contributed by atoms with Crippen molar-refractivity contribution in [3.63, 3.8) is 0 Å². The van der Waals surface area contributed by atoms with Crippen molar-refractivity contribution in [2.45, 2.75) is 39.2 Å². The summed E-state index contributed by atoms with van der Waals surface area (Å²) in [7, 11) is 1.58. The number of hydrogen-bond donors (Lipinski definition) is 3. The number of allylic oxidation sites excluding steroid dienone is 4. The lowest BCUT2D eigenvalue weighted by Crippen LogP contribution is -2.40. The van der Waals surface area contributed by atoms with Crippen molar-refractivity contribution in [1.82, 2.24) is 15.6 Å². The van der Waals surface area contributed by atoms with Crippen LogP contribution in [0.2, 0.25) is 0 Å². The third-order valence-corrected chi connectivity index (χ3v) is 7.42. The van der Waals surface area contributed by atoms with Crippen LogP contribution in [-0.2, 0) is 0 Å². The zero-order valence-corrected chi connectivity index (χ0v) is 24.0. The van der Waals surface area contributed by atoms with Gasteiger partial charge in [0.1, 0.15) is 17.2 Å². The molecule has 3 aromatic carbocycles. The first-order chi connectivity index (χ1) is 20.1. The molecule has 2 amide bonds. The van der Waals surface area contributed by atoms with E-state index in [1.165, 1.54) is 6.08 Å². The first-order valence-electron chi connectivity index (χ1n) is 14.0. The molecule has 0 spiro atoms. The fourth-order valence-corrected chi connectivity index (χ4v) is 5.46. The average Bonchev–Trinajstić information content (AvgIpc) is 3.59. The number of furan rings is 1. The molecule has 6 rings (SSSR count). The van der Waals surface area contributed by atoms with E-state index in [1.54, 1.807) is 19.2 Å². The van der Waals surface area contributed by atoms with Crippen molar-refractivity contribution in [3.8, 4) is 22.4 Å². The van der Waals surface area contributed by atoms with Gasteiger partial charge < -0.3 is 20.0 Å². The van der Waals surface area contributed by atoms with Gasteiger partial charge >= 0.3 is 0 Å². The molecule has 2 heterocycles. The zero-order valence-electron chi connectivity index (χ0n) is 24.0. The summed E-state index contributed by atoms with van der Waals surface area (Å²) in [6.07, 6.45) is 3.79. The van der Waals surface area contributed by atoms with Crippen molar-refractivity contribution in [2.24, 2.45) is 0 Å². The predicted octanol–water partition coefficient (Wildman–Crippen LogP) is 8.17. The van der Waals surface area contributed by atoms with Crippen LogP contribution in [-0.4, -0.2) is 29.4 Å². The van der Waals surface area contributed by atoms with Crippen LogP contribution in [0.15, 0.2) is 89.1 Å². The van der Waals surface area contributed by atoms with Gasteiger partial charge in [0.05, 0.1) is 11.1 Å². The van der Waals surface area contributed by atoms with Crippen molar-refractivity contribution < 1.29 is 18.4 Å². The van der Waals surface area contributed by atoms with Crippen LogP contribution in [0.5, 0.6) is 0 Å². The maximum atomic E-state index is 13.9. The van der Waals surface area contributed by atoms with E-state index in [0.29, 0.717) is 34.3 Å². The normalized spacial score (nSPS) is 13.6. The largest absolute Gasteiger partial charge is 0.455 e. The Labute approximate surface area is 243 Å². The minimum absolute atomic E-state index is 0.167. The highest BCUT2D eigenvalue weighted by Crippen LogP contribution is 2.43. The molecule has 0 fully saturated rings. The molecule has 1 aliphatic rings. The van der Waals surface area contributed by atoms with Gasteiger partial charge in [-0.15, -0.1) is 0 Å². The lowest BCUT2D eigenvalue weighted by molar-refractivity contribution is 0.0918. The quantitative estimate of drug-likeness (QED) is 0.202. The summed E-state index contributed by atoms with van der Waals surface area (Å²) >= 11 is 0. The molecule has 6 nitrogen and oxygen atoms in total. The number of halogens is 1. The summed E-state index contributed by atoms with van der Waals surface area (Å²) < 4.78 is 20.4. The molecule has 0 saturated heterocycles. The molecular weight excluding hydrogens is 529 g/mol. The molecular formula is C35H32FN3O3. The van der Waals surface area contributed by atoms with E-state index in [2.05, 4.69) is 15.6 Å². The van der Waals surface area contributed by atoms with E-state index < -0.39 is 0 Å². The Hall–Kier alpha value is -4.91. The average molecular weight is 562 g/mol. The SMILES string of the molecule is CNC(=O)c1c(C2=CC=C(F)CC2)oc2c1cc(-c1cccc(C(=O)NC(C)(C)C)c1)c1[nH]c(-c3ccccc3)cc12. The standard InChI is InChI=1S/C35H32FN3O3/c1-35(2,3)39-33(40)23-12-8-11-22(17-23)25-18-26-29(34(41)37-4)31(21-13-15-24(36)16-14-21)42-32(26)27-19-28(38-30(25)27)20-9-6-5-7-10-20/h5-13,15,17-19,38H,14,16H2,1-4H3,(H,37,41)(H,39,40). The van der Waals surface area contributed by atoms with E-state index in [9.17, 15) is 14.0 Å². The molecule has 7 heteroatoms. The van der Waals surface area contributed by atoms with Crippen molar-refractivity contribution >= 4 is 39.3 Å². The lowest BCUT2D eigenvalue weighted by Gasteiger charge is -2.20. The highest BCUT2D eigenvalue weighted by Gasteiger charge is 2.27. The number of amides is 2. The van der Waals surface area contributed by atoms with Crippen LogP contribution in [0.1, 0.15) is 60.1 Å². The molecule has 212 valence electrons. The van der Waals surface area contributed by atoms with Crippen LogP contribution < -0.4 is 10.6 Å². The van der Waals surface area contributed by atoms with Gasteiger partial charge in [0.15, 0.2) is 0 Å². The van der Waals surface area contributed by atoms with E-state index in [4.69, 9.17) is 4.42 Å². The molecule has 2 aromatic heterocycles. The van der Waals surface area contributed by atoms with Gasteiger partial charge in [-0.2, -0.15) is 0 Å². The Morgan fingerprint density at radius 1 is 0.881 bits per heavy atom. The minimum atomic E-state index is -0.384. The Kier molecular flexibility index (Phi) is 6.81. The van der Waals surface area contributed by atoms with Gasteiger partial charge in [0, 0.05) is 46.6 Å². The number of rotatable bonds is 5. The first-order valence-corrected chi connectivity index (χ1v) is 14.0. The molecule has 0 radical (unpaired) electrons. The number of nitrogens with one attached hydrogen (secondary N) is 3. The molecule has 5 aromatic rings. The summed E-state index contributed by atoms with van der Waals surface area (Å²) in [5.41, 5.74) is 6.24. The second-order valence-corrected chi connectivity index (χ2v) is 11.6. The highest BCUT2D eigenvalue weighted by atomic mass is 19.1. The number of benzene rings is 3. The van der Waals surface area contributed by atoms with Gasteiger partial charge in [0.25, 0.3) is 11.8 Å². The monoisotopic (exact) mass is 561 g/mol. The van der Waals surface area contributed by atoms with Crippen LogP contribution in [0.25, 0.3) is 49.8 Å². The Morgan fingerprint density at radius 2 is 1.64 bits per heavy atom. The molecule has 0 bridgehead atoms. The number of carbonyl (C=O) groups is 2. The Balaban J connectivity index is 1.64. The molecule has 3 N–H and O–H groups in total. The molecule has 42 heavy (non-hydrogen) atoms. The topological polar surface area (TPSA) is 87.1 Å². The number of H-pyrrole nitrogens is 1. The molecule has 0 atom stereocenters. The summed E-state index contributed by atoms with van der Waals surface area (Å²) in [6.45, 7) is 5.83. The van der Waals surface area contributed by atoms with Gasteiger partial charge in [-0.1, -0.05) is 48.5 Å². The molecule has 0 unspecified atom stereocenters. The number of fused-ring (bicyclic) bond motifs is 3. The third-order valence-electron chi connectivity index (χ3n) is 7.42. The summed E-state index contributed by atoms with van der Waals surface area (Å²) in [5.74, 6) is -0.219. The number of hydrogen-bond acceptors (Lipinski definition) is 3. The Bertz CT molecular complexity index is 1920. The third kappa shape index (κ3) is 5.02. The second-order valence-electron chi connectivity index (χ2n) is 11.6. The van der Waals surface area contributed by atoms with Crippen LogP contribution >= 0.6 is 0 Å². The molecule has 1 aliphatic carbocycles. The maximum absolute atomic E-state index is 13.9. The van der Waals surface area contributed by atoms with Crippen LogP contribution in [0.3, 0.4) is 0 Å². The van der Waals surface area contributed by atoms with Gasteiger partial charge in [-0.05, 0) is 74.2 Å². The van der Waals surface area contributed by atoms with Gasteiger partial charge in [-0.3, -0.25) is 9.59 Å². The van der Waals surface area contributed by atoms with Crippen molar-refractivity contribution in [3.05, 3.63) is 102 Å². The molecule has 0 aliphatic heterocycles. The van der Waals surface area contributed by atoms with E-state index in [0.717, 1.165) is 38.9 Å². The van der Waals surface area contributed by atoms with Crippen molar-refractivity contribution in [2.75, 3.05) is 7.05 Å². The smallest absolute Gasteiger partial charge is 0.255 e. The van der Waals surface area contributed by atoms with E-state index in [1.807, 2.05) is 81.4 Å². The minimum Gasteiger partial charge on any atom is -0.455 e. The summed E-state index contributed by atoms with van der Waals surface area (Å²) in [6, 6.07) is 21.4. The fourth-order valence-electron chi connectivity index (χ4n) is 5.46. The van der Waals surface area contributed by atoms with Gasteiger partial charge in [-0.25, -0.2) is 4.39 Å². The first kappa shape index (κ1) is 27.3. The van der Waals surface area contributed by atoms with Crippen LogP contribution in [0, 0.1) is 0 Å². The fraction of sp³-hybridized carbons (Fsp3) is 0.200. The maximum Gasteiger partial charge on any atom is 0.255 e. The van der Waals surface area contributed by atoms with E-state index in [-0.39, 0.29) is 29.6 Å². The Morgan fingerprint density at radius 3 is 2.33 bits per heavy atom. The zero-order chi connectivity index (χ0) is 29.6. The van der Waals surface area contributed by atoms with Crippen molar-refractivity contribution in [1.29, 1.82) is 0 Å². The predicted molar refractivity (Wildman–Crippen MR) is 166 cm³/mol. The lowest BCUT2D eigenvalue weighted by atomic mass is 9.95. The highest BCUT2D eigenvalue weighted by molar-refractivity contribution is 6.19. The number of carbonyl (C=O) groups excluding carboxylic acids is 2. The second kappa shape index (κ2) is 10.5. The summed E-state index contributed by atoms with van der Waals surface area (Å²) in [5, 5.41) is 7.23. The number of aromatic amines is 1. The molecule has 0 saturated carbocycles.